The molecular weight excluding hydrogens is 456 g/mol. The van der Waals surface area contributed by atoms with Crippen molar-refractivity contribution < 1.29 is 29.3 Å². The molecule has 2 aliphatic heterocycles. The van der Waals surface area contributed by atoms with E-state index in [9.17, 15) is 24.6 Å². The molecule has 0 radical (unpaired) electrons. The van der Waals surface area contributed by atoms with Gasteiger partial charge in [0, 0.05) is 29.6 Å². The zero-order valence-electron chi connectivity index (χ0n) is 22.8. The molecule has 6 fully saturated rings. The predicted octanol–water partition coefficient (Wildman–Crippen LogP) is 4.01. The molecule has 2 saturated heterocycles. The molecule has 0 aromatic heterocycles. The van der Waals surface area contributed by atoms with E-state index in [1.54, 1.807) is 6.08 Å². The average molecular weight is 499 g/mol. The van der Waals surface area contributed by atoms with Gasteiger partial charge in [-0.3, -0.25) is 14.4 Å². The summed E-state index contributed by atoms with van der Waals surface area (Å²) in [5, 5.41) is 23.2. The van der Waals surface area contributed by atoms with E-state index in [-0.39, 0.29) is 53.4 Å². The third kappa shape index (κ3) is 2.53. The number of carbonyl (C=O) groups excluding carboxylic acids is 3. The zero-order chi connectivity index (χ0) is 26.4. The van der Waals surface area contributed by atoms with E-state index in [4.69, 9.17) is 4.74 Å². The highest BCUT2D eigenvalue weighted by Gasteiger charge is 2.78. The van der Waals surface area contributed by atoms with Gasteiger partial charge >= 0.3 is 0 Å². The summed E-state index contributed by atoms with van der Waals surface area (Å²) in [5.74, 6) is -0.459. The number of hydrogen-bond donors (Lipinski definition) is 2. The topological polar surface area (TPSA) is 101 Å². The molecule has 7 aliphatic rings. The molecule has 0 aromatic carbocycles. The van der Waals surface area contributed by atoms with E-state index in [1.807, 2.05) is 20.8 Å². The standard InChI is InChI=1S/C30H42O6/c1-25(2)13-18-27(5)9-8-16-28(6,17(27)10-19(32)29(18,7)14-21(25)34)12-15(31)23-26(3,4)22-11-20(33)30(16,23)24(35)36-22/h10,15-16,18,22-24,31,35H,8-9,11-14H2,1-7H3. The second-order valence-corrected chi connectivity index (χ2v) is 15.1. The SMILES string of the molecule is CC1(C)CC2C(C)(CC1=O)C(=O)C=C1C2(C)CCC2C1(C)CC(O)C1C(C)(C)C3CC(=O)C21C(O)O3. The highest BCUT2D eigenvalue weighted by molar-refractivity contribution is 6.02. The normalized spacial score (nSPS) is 54.7. The second-order valence-electron chi connectivity index (χ2n) is 15.1. The molecule has 2 bridgehead atoms. The number of aliphatic hydroxyl groups is 2. The number of ether oxygens (including phenoxy) is 1. The molecule has 2 N–H and O–H groups in total. The fourth-order valence-corrected chi connectivity index (χ4v) is 10.8. The first-order valence-corrected chi connectivity index (χ1v) is 13.8. The highest BCUT2D eigenvalue weighted by Crippen LogP contribution is 2.75. The summed E-state index contributed by atoms with van der Waals surface area (Å²) >= 11 is 0. The summed E-state index contributed by atoms with van der Waals surface area (Å²) in [7, 11) is 0. The van der Waals surface area contributed by atoms with Gasteiger partial charge in [0.15, 0.2) is 12.1 Å². The van der Waals surface area contributed by atoms with Crippen LogP contribution in [0, 0.1) is 50.2 Å². The smallest absolute Gasteiger partial charge is 0.168 e. The molecule has 10 atom stereocenters. The van der Waals surface area contributed by atoms with E-state index < -0.39 is 45.6 Å². The summed E-state index contributed by atoms with van der Waals surface area (Å²) in [6.45, 7) is 14.4. The van der Waals surface area contributed by atoms with E-state index in [2.05, 4.69) is 27.7 Å². The summed E-state index contributed by atoms with van der Waals surface area (Å²) in [6, 6.07) is 0. The van der Waals surface area contributed by atoms with Crippen LogP contribution in [-0.4, -0.2) is 46.1 Å². The fourth-order valence-electron chi connectivity index (χ4n) is 10.8. The molecular formula is C30H42O6. The Bertz CT molecular complexity index is 1120. The van der Waals surface area contributed by atoms with Gasteiger partial charge < -0.3 is 14.9 Å². The van der Waals surface area contributed by atoms with Gasteiger partial charge in [0.2, 0.25) is 0 Å². The number of ketones is 3. The van der Waals surface area contributed by atoms with Crippen molar-refractivity contribution in [3.8, 4) is 0 Å². The lowest BCUT2D eigenvalue weighted by molar-refractivity contribution is -0.354. The third-order valence-electron chi connectivity index (χ3n) is 12.6. The zero-order valence-corrected chi connectivity index (χ0v) is 22.8. The molecule has 6 heteroatoms. The van der Waals surface area contributed by atoms with Crippen LogP contribution < -0.4 is 0 Å². The van der Waals surface area contributed by atoms with Crippen molar-refractivity contribution in [1.29, 1.82) is 0 Å². The number of allylic oxidation sites excluding steroid dienone is 2. The van der Waals surface area contributed by atoms with E-state index in [0.717, 1.165) is 18.4 Å². The highest BCUT2D eigenvalue weighted by atomic mass is 16.6. The van der Waals surface area contributed by atoms with Gasteiger partial charge in [0.25, 0.3) is 0 Å². The van der Waals surface area contributed by atoms with Crippen LogP contribution in [0.1, 0.15) is 87.0 Å². The largest absolute Gasteiger partial charge is 0.393 e. The minimum Gasteiger partial charge on any atom is -0.393 e. The monoisotopic (exact) mass is 498 g/mol. The number of Topliss-reactive ketones (excluding diaryl/α,β-unsaturated/α-hetero) is 2. The second kappa shape index (κ2) is 6.79. The summed E-state index contributed by atoms with van der Waals surface area (Å²) in [4.78, 5) is 40.7. The maximum Gasteiger partial charge on any atom is 0.168 e. The van der Waals surface area contributed by atoms with Crippen molar-refractivity contribution in [3.63, 3.8) is 0 Å². The van der Waals surface area contributed by atoms with E-state index in [1.165, 1.54) is 0 Å². The Labute approximate surface area is 214 Å². The molecule has 2 heterocycles. The Balaban J connectivity index is 1.54. The first-order valence-electron chi connectivity index (χ1n) is 13.8. The molecule has 7 rings (SSSR count). The number of hydrogen-bond acceptors (Lipinski definition) is 6. The van der Waals surface area contributed by atoms with Crippen molar-refractivity contribution in [1.82, 2.24) is 0 Å². The van der Waals surface area contributed by atoms with Gasteiger partial charge in [-0.25, -0.2) is 0 Å². The first kappa shape index (κ1) is 24.9. The lowest BCUT2D eigenvalue weighted by Crippen LogP contribution is -2.77. The molecule has 198 valence electrons. The molecule has 6 nitrogen and oxygen atoms in total. The van der Waals surface area contributed by atoms with Crippen molar-refractivity contribution in [2.75, 3.05) is 0 Å². The van der Waals surface area contributed by atoms with Crippen LogP contribution in [0.2, 0.25) is 0 Å². The molecule has 36 heavy (non-hydrogen) atoms. The Hall–Kier alpha value is -1.37. The van der Waals surface area contributed by atoms with Crippen LogP contribution in [0.25, 0.3) is 0 Å². The molecule has 5 aliphatic carbocycles. The minimum atomic E-state index is -1.25. The average Bonchev–Trinajstić information content (AvgIpc) is 2.74. The van der Waals surface area contributed by atoms with Gasteiger partial charge in [0.05, 0.1) is 17.6 Å². The summed E-state index contributed by atoms with van der Waals surface area (Å²) in [6.07, 6.45) is 2.47. The van der Waals surface area contributed by atoms with Crippen LogP contribution in [0.15, 0.2) is 11.6 Å². The predicted molar refractivity (Wildman–Crippen MR) is 132 cm³/mol. The molecule has 0 amide bonds. The van der Waals surface area contributed by atoms with Crippen LogP contribution in [0.5, 0.6) is 0 Å². The summed E-state index contributed by atoms with van der Waals surface area (Å²) in [5.41, 5.74) is -2.80. The fraction of sp³-hybridized carbons (Fsp3) is 0.833. The maximum absolute atomic E-state index is 13.9. The number of carbonyl (C=O) groups is 3. The lowest BCUT2D eigenvalue weighted by Gasteiger charge is -2.73. The van der Waals surface area contributed by atoms with Crippen molar-refractivity contribution in [3.05, 3.63) is 11.6 Å². The number of aliphatic hydroxyl groups excluding tert-OH is 2. The van der Waals surface area contributed by atoms with Gasteiger partial charge in [-0.2, -0.15) is 0 Å². The quantitative estimate of drug-likeness (QED) is 0.523. The number of fused-ring (bicyclic) bond motifs is 7. The van der Waals surface area contributed by atoms with Crippen molar-refractivity contribution >= 4 is 17.3 Å². The lowest BCUT2D eigenvalue weighted by atomic mass is 9.33. The first-order chi connectivity index (χ1) is 16.5. The van der Waals surface area contributed by atoms with Crippen LogP contribution in [0.3, 0.4) is 0 Å². The Morgan fingerprint density at radius 1 is 0.861 bits per heavy atom. The minimum absolute atomic E-state index is 0.00406. The van der Waals surface area contributed by atoms with Crippen LogP contribution in [0.4, 0.5) is 0 Å². The van der Waals surface area contributed by atoms with E-state index >= 15 is 0 Å². The number of rotatable bonds is 0. The van der Waals surface area contributed by atoms with Gasteiger partial charge in [0.1, 0.15) is 11.6 Å². The van der Waals surface area contributed by atoms with Crippen molar-refractivity contribution in [2.24, 2.45) is 50.2 Å². The van der Waals surface area contributed by atoms with Gasteiger partial charge in [-0.15, -0.1) is 0 Å². The van der Waals surface area contributed by atoms with Gasteiger partial charge in [-0.1, -0.05) is 54.0 Å². The Morgan fingerprint density at radius 2 is 1.53 bits per heavy atom. The molecule has 1 spiro atoms. The maximum atomic E-state index is 13.9. The van der Waals surface area contributed by atoms with Gasteiger partial charge in [-0.05, 0) is 59.8 Å². The summed E-state index contributed by atoms with van der Waals surface area (Å²) < 4.78 is 6.10. The third-order valence-corrected chi connectivity index (χ3v) is 12.6. The molecule has 4 saturated carbocycles. The van der Waals surface area contributed by atoms with E-state index in [0.29, 0.717) is 12.8 Å². The Morgan fingerprint density at radius 3 is 2.17 bits per heavy atom. The molecule has 0 aromatic rings. The Kier molecular flexibility index (Phi) is 4.70. The van der Waals surface area contributed by atoms with Crippen LogP contribution >= 0.6 is 0 Å². The van der Waals surface area contributed by atoms with Crippen molar-refractivity contribution in [2.45, 2.75) is 105 Å². The van der Waals surface area contributed by atoms with Crippen LogP contribution in [-0.2, 0) is 19.1 Å². The molecule has 10 unspecified atom stereocenters.